The van der Waals surface area contributed by atoms with Gasteiger partial charge >= 0.3 is 0 Å². The summed E-state index contributed by atoms with van der Waals surface area (Å²) in [7, 11) is 0. The molecule has 2 aliphatic rings. The van der Waals surface area contributed by atoms with Crippen LogP contribution < -0.4 is 0 Å². The van der Waals surface area contributed by atoms with Crippen molar-refractivity contribution < 1.29 is 20.8 Å². The SMILES string of the molecule is C=N/C1=C(\N(COC2=C(C#N)CCC=C2)Cc2ccc(C)cc2)C(=O)N(CCCO)COCN1CC.[HH]. The first kappa shape index (κ1) is 27.0. The number of benzene rings is 1. The lowest BCUT2D eigenvalue weighted by atomic mass is 10.1. The Kier molecular flexibility index (Phi) is 10.1. The molecule has 1 aromatic rings. The fourth-order valence-corrected chi connectivity index (χ4v) is 4.04. The van der Waals surface area contributed by atoms with E-state index in [9.17, 15) is 15.2 Å². The predicted molar refractivity (Wildman–Crippen MR) is 139 cm³/mol. The molecule has 0 atom stereocenters. The average Bonchev–Trinajstić information content (AvgIpc) is 2.90. The Morgan fingerprint density at radius 3 is 2.72 bits per heavy atom. The molecule has 0 aromatic heterocycles. The molecular formula is C27H37N5O4. The first-order chi connectivity index (χ1) is 17.5. The summed E-state index contributed by atoms with van der Waals surface area (Å²) in [4.78, 5) is 23.4. The van der Waals surface area contributed by atoms with E-state index in [1.165, 1.54) is 0 Å². The Hall–Kier alpha value is -3.61. The highest BCUT2D eigenvalue weighted by Gasteiger charge is 2.32. The van der Waals surface area contributed by atoms with Crippen LogP contribution in [0.2, 0.25) is 0 Å². The number of carbonyl (C=O) groups excluding carboxylic acids is 1. The first-order valence-corrected chi connectivity index (χ1v) is 12.2. The number of hydrogen-bond acceptors (Lipinski definition) is 8. The lowest BCUT2D eigenvalue weighted by molar-refractivity contribution is -0.139. The maximum absolute atomic E-state index is 13.9. The van der Waals surface area contributed by atoms with Gasteiger partial charge < -0.3 is 29.3 Å². The number of carbonyl (C=O) groups is 1. The van der Waals surface area contributed by atoms with E-state index in [4.69, 9.17) is 9.47 Å². The summed E-state index contributed by atoms with van der Waals surface area (Å²) in [6.45, 7) is 9.34. The van der Waals surface area contributed by atoms with Crippen LogP contribution in [0.3, 0.4) is 0 Å². The highest BCUT2D eigenvalue weighted by molar-refractivity contribution is 5.93. The summed E-state index contributed by atoms with van der Waals surface area (Å²) < 4.78 is 11.9. The van der Waals surface area contributed by atoms with E-state index < -0.39 is 0 Å². The molecule has 0 saturated heterocycles. The van der Waals surface area contributed by atoms with Crippen molar-refractivity contribution in [1.29, 1.82) is 5.26 Å². The van der Waals surface area contributed by atoms with Gasteiger partial charge in [-0.2, -0.15) is 5.26 Å². The number of hydrogen-bond donors (Lipinski definition) is 1. The Morgan fingerprint density at radius 1 is 1.31 bits per heavy atom. The Labute approximate surface area is 214 Å². The zero-order valence-corrected chi connectivity index (χ0v) is 21.2. The molecule has 3 rings (SSSR count). The molecule has 0 unspecified atom stereocenters. The second kappa shape index (κ2) is 13.5. The predicted octanol–water partition coefficient (Wildman–Crippen LogP) is 3.49. The zero-order chi connectivity index (χ0) is 25.9. The van der Waals surface area contributed by atoms with E-state index in [0.717, 1.165) is 17.5 Å². The third-order valence-corrected chi connectivity index (χ3v) is 6.06. The van der Waals surface area contributed by atoms with Crippen molar-refractivity contribution >= 4 is 12.6 Å². The van der Waals surface area contributed by atoms with Crippen molar-refractivity contribution in [1.82, 2.24) is 14.7 Å². The third kappa shape index (κ3) is 6.74. The number of amides is 1. The minimum atomic E-state index is -0.284. The van der Waals surface area contributed by atoms with Crippen LogP contribution in [0.25, 0.3) is 0 Å². The number of nitriles is 1. The van der Waals surface area contributed by atoms with E-state index in [0.29, 0.717) is 55.3 Å². The molecule has 1 amide bonds. The average molecular weight is 496 g/mol. The van der Waals surface area contributed by atoms with Gasteiger partial charge in [0.25, 0.3) is 5.91 Å². The second-order valence-electron chi connectivity index (χ2n) is 8.65. The molecule has 1 aliphatic heterocycles. The monoisotopic (exact) mass is 495 g/mol. The molecular weight excluding hydrogens is 458 g/mol. The van der Waals surface area contributed by atoms with Gasteiger partial charge in [0, 0.05) is 27.7 Å². The van der Waals surface area contributed by atoms with Gasteiger partial charge in [-0.3, -0.25) is 4.79 Å². The molecule has 1 N–H and O–H groups in total. The molecule has 9 heteroatoms. The highest BCUT2D eigenvalue weighted by atomic mass is 16.5. The molecule has 9 nitrogen and oxygen atoms in total. The molecule has 194 valence electrons. The fourth-order valence-electron chi connectivity index (χ4n) is 4.04. The van der Waals surface area contributed by atoms with Gasteiger partial charge in [-0.1, -0.05) is 35.9 Å². The zero-order valence-electron chi connectivity index (χ0n) is 21.2. The molecule has 0 fully saturated rings. The highest BCUT2D eigenvalue weighted by Crippen LogP contribution is 2.25. The molecule has 0 bridgehead atoms. The van der Waals surface area contributed by atoms with Gasteiger partial charge in [-0.15, -0.1) is 0 Å². The van der Waals surface area contributed by atoms with Gasteiger partial charge in [0.05, 0.1) is 11.6 Å². The summed E-state index contributed by atoms with van der Waals surface area (Å²) in [6, 6.07) is 10.3. The fraction of sp³-hybridized carbons (Fsp3) is 0.444. The topological polar surface area (TPSA) is 102 Å². The normalized spacial score (nSPS) is 18.6. The minimum absolute atomic E-state index is 0. The van der Waals surface area contributed by atoms with E-state index in [-0.39, 0.29) is 34.1 Å². The maximum Gasteiger partial charge on any atom is 0.275 e. The Morgan fingerprint density at radius 2 is 2.06 bits per heavy atom. The minimum Gasteiger partial charge on any atom is -0.472 e. The van der Waals surface area contributed by atoms with Gasteiger partial charge in [0.2, 0.25) is 0 Å². The Balaban J connectivity index is 0.00000481. The number of rotatable bonds is 11. The molecule has 0 saturated carbocycles. The maximum atomic E-state index is 13.9. The molecule has 1 aromatic carbocycles. The number of aryl methyl sites for hydroxylation is 1. The van der Waals surface area contributed by atoms with Gasteiger partial charge in [0.1, 0.15) is 24.9 Å². The van der Waals surface area contributed by atoms with Crippen LogP contribution in [0.5, 0.6) is 0 Å². The van der Waals surface area contributed by atoms with Crippen LogP contribution in [0.1, 0.15) is 38.7 Å². The number of allylic oxidation sites excluding steroid dienone is 3. The standard InChI is InChI=1S/C27H35N5O4.H2/c1-4-30-18-35-19-31(14-7-15-33)27(34)25(26(30)29-3)32(17-22-12-10-21(2)11-13-22)20-36-24-9-6-5-8-23(24)16-28;/h6,9-13,33H,3-5,7-8,14-15,17-20H2,1-2H3;1H/b26-25+;. The van der Waals surface area contributed by atoms with Gasteiger partial charge in [-0.25, -0.2) is 4.99 Å². The first-order valence-electron chi connectivity index (χ1n) is 12.2. The molecule has 0 spiro atoms. The van der Waals surface area contributed by atoms with Crippen LogP contribution in [-0.2, 0) is 20.8 Å². The Bertz CT molecular complexity index is 1060. The second-order valence-corrected chi connectivity index (χ2v) is 8.65. The summed E-state index contributed by atoms with van der Waals surface area (Å²) in [5, 5.41) is 18.9. The molecule has 0 radical (unpaired) electrons. The van der Waals surface area contributed by atoms with E-state index in [1.807, 2.05) is 60.1 Å². The lowest BCUT2D eigenvalue weighted by Gasteiger charge is -2.37. The van der Waals surface area contributed by atoms with Crippen LogP contribution >= 0.6 is 0 Å². The van der Waals surface area contributed by atoms with Crippen molar-refractivity contribution in [3.05, 3.63) is 70.4 Å². The van der Waals surface area contributed by atoms with Crippen LogP contribution in [0.15, 0.2) is 64.3 Å². The van der Waals surface area contributed by atoms with E-state index >= 15 is 0 Å². The van der Waals surface area contributed by atoms with Crippen molar-refractivity contribution in [3.63, 3.8) is 0 Å². The molecule has 36 heavy (non-hydrogen) atoms. The van der Waals surface area contributed by atoms with Crippen LogP contribution in [-0.4, -0.2) is 72.3 Å². The number of aliphatic imine (C=N–C) groups is 1. The summed E-state index contributed by atoms with van der Waals surface area (Å²) >= 11 is 0. The van der Waals surface area contributed by atoms with Crippen LogP contribution in [0, 0.1) is 18.3 Å². The summed E-state index contributed by atoms with van der Waals surface area (Å²) in [6.07, 6.45) is 5.63. The largest absolute Gasteiger partial charge is 0.472 e. The summed E-state index contributed by atoms with van der Waals surface area (Å²) in [5.41, 5.74) is 3.05. The lowest BCUT2D eigenvalue weighted by Crippen LogP contribution is -2.46. The van der Waals surface area contributed by atoms with Crippen molar-refractivity contribution in [2.45, 2.75) is 39.7 Å². The van der Waals surface area contributed by atoms with Crippen molar-refractivity contribution in [3.8, 4) is 6.07 Å². The van der Waals surface area contributed by atoms with E-state index in [1.54, 1.807) is 4.90 Å². The number of ether oxygens (including phenoxy) is 2. The molecule has 1 heterocycles. The van der Waals surface area contributed by atoms with Gasteiger partial charge in [0.15, 0.2) is 12.6 Å². The number of nitrogens with zero attached hydrogens (tertiary/aromatic N) is 5. The van der Waals surface area contributed by atoms with Crippen LogP contribution in [0.4, 0.5) is 0 Å². The summed E-state index contributed by atoms with van der Waals surface area (Å²) in [5.74, 6) is 0.631. The van der Waals surface area contributed by atoms with E-state index in [2.05, 4.69) is 17.8 Å². The molecule has 1 aliphatic carbocycles. The van der Waals surface area contributed by atoms with Crippen molar-refractivity contribution in [2.75, 3.05) is 39.9 Å². The smallest absolute Gasteiger partial charge is 0.275 e. The quantitative estimate of drug-likeness (QED) is 0.370. The van der Waals surface area contributed by atoms with Gasteiger partial charge in [-0.05, 0) is 51.5 Å². The number of aliphatic hydroxyl groups is 1. The van der Waals surface area contributed by atoms with Crippen molar-refractivity contribution in [2.24, 2.45) is 4.99 Å². The third-order valence-electron chi connectivity index (χ3n) is 6.06. The number of aliphatic hydroxyl groups excluding tert-OH is 1.